The Morgan fingerprint density at radius 1 is 1.37 bits per heavy atom. The summed E-state index contributed by atoms with van der Waals surface area (Å²) in [5, 5.41) is 23.6. The lowest BCUT2D eigenvalue weighted by atomic mass is 9.87. The number of nitrogens with zero attached hydrogens (tertiary/aromatic N) is 1. The molecule has 2 aromatic rings. The molecule has 3 rings (SSSR count). The molecule has 1 aromatic carbocycles. The second-order valence-corrected chi connectivity index (χ2v) is 6.66. The largest absolute Gasteiger partial charge is 0.507 e. The van der Waals surface area contributed by atoms with E-state index in [0.29, 0.717) is 35.0 Å². The van der Waals surface area contributed by atoms with Gasteiger partial charge < -0.3 is 26.0 Å². The van der Waals surface area contributed by atoms with E-state index in [2.05, 4.69) is 10.3 Å². The van der Waals surface area contributed by atoms with Gasteiger partial charge in [-0.05, 0) is 55.5 Å². The third-order valence-electron chi connectivity index (χ3n) is 4.81. The lowest BCUT2D eigenvalue weighted by molar-refractivity contribution is 0.279. The zero-order chi connectivity index (χ0) is 18.5. The molecule has 0 radical (unpaired) electrons. The molecule has 5 N–H and O–H groups in total. The van der Waals surface area contributed by atoms with E-state index in [0.717, 1.165) is 37.9 Å². The number of aliphatic hydroxyl groups excluding tert-OH is 1. The van der Waals surface area contributed by atoms with Crippen molar-refractivity contribution in [3.05, 3.63) is 35.4 Å². The topological polar surface area (TPSA) is 101 Å². The molecule has 1 atom stereocenters. The number of anilines is 1. The van der Waals surface area contributed by atoms with Gasteiger partial charge in [0.15, 0.2) is 0 Å². The van der Waals surface area contributed by atoms with Crippen molar-refractivity contribution in [1.82, 2.24) is 10.3 Å². The van der Waals surface area contributed by atoms with E-state index >= 15 is 0 Å². The lowest BCUT2D eigenvalue weighted by Gasteiger charge is -2.26. The van der Waals surface area contributed by atoms with Crippen LogP contribution < -0.4 is 15.8 Å². The molecule has 27 heavy (non-hydrogen) atoms. The highest BCUT2D eigenvalue weighted by atomic mass is 16.5. The summed E-state index contributed by atoms with van der Waals surface area (Å²) in [4.78, 5) is 4.46. The molecule has 1 unspecified atom stereocenters. The maximum Gasteiger partial charge on any atom is 0.132 e. The summed E-state index contributed by atoms with van der Waals surface area (Å²) < 4.78 is 5.80. The predicted molar refractivity (Wildman–Crippen MR) is 109 cm³/mol. The van der Waals surface area contributed by atoms with Crippen LogP contribution in [0.3, 0.4) is 0 Å². The second-order valence-electron chi connectivity index (χ2n) is 6.66. The number of nitrogen functional groups attached to an aromatic ring is 1. The van der Waals surface area contributed by atoms with E-state index in [1.807, 2.05) is 19.1 Å². The van der Waals surface area contributed by atoms with Crippen molar-refractivity contribution < 1.29 is 14.9 Å². The molecule has 2 heterocycles. The number of hydrogen-bond donors (Lipinski definition) is 4. The number of piperidine rings is 1. The zero-order valence-corrected chi connectivity index (χ0v) is 15.2. The molecule has 0 bridgehead atoms. The van der Waals surface area contributed by atoms with Crippen LogP contribution >= 0.6 is 0 Å². The Morgan fingerprint density at radius 3 is 2.85 bits per heavy atom. The summed E-state index contributed by atoms with van der Waals surface area (Å²) >= 11 is 0. The average molecular weight is 373 g/mol. The highest BCUT2D eigenvalue weighted by Crippen LogP contribution is 2.40. The van der Waals surface area contributed by atoms with Crippen LogP contribution in [0.25, 0.3) is 11.3 Å². The van der Waals surface area contributed by atoms with Gasteiger partial charge in [0.2, 0.25) is 0 Å². The second kappa shape index (κ2) is 9.58. The van der Waals surface area contributed by atoms with Gasteiger partial charge in [0.05, 0.1) is 24.5 Å². The quantitative estimate of drug-likeness (QED) is 0.619. The van der Waals surface area contributed by atoms with Gasteiger partial charge in [0.25, 0.3) is 0 Å². The van der Waals surface area contributed by atoms with Crippen molar-refractivity contribution >= 4 is 5.82 Å². The van der Waals surface area contributed by atoms with E-state index in [9.17, 15) is 10.2 Å². The SMILES string of the molecule is C.CCCOc1cccc(O)c1-c1cc(C2CCCNC2)c(CO)c(N)n1. The van der Waals surface area contributed by atoms with E-state index in [-0.39, 0.29) is 25.7 Å². The van der Waals surface area contributed by atoms with Crippen molar-refractivity contribution in [2.45, 2.75) is 46.1 Å². The first kappa shape index (κ1) is 21.0. The molecule has 0 aliphatic carbocycles. The van der Waals surface area contributed by atoms with Crippen LogP contribution in [0.1, 0.15) is 50.7 Å². The van der Waals surface area contributed by atoms with Gasteiger partial charge in [0.1, 0.15) is 17.3 Å². The van der Waals surface area contributed by atoms with Crippen molar-refractivity contribution in [3.8, 4) is 22.8 Å². The van der Waals surface area contributed by atoms with Gasteiger partial charge in [-0.2, -0.15) is 0 Å². The van der Waals surface area contributed by atoms with Crippen LogP contribution in [0.4, 0.5) is 5.82 Å². The molecule has 148 valence electrons. The van der Waals surface area contributed by atoms with Crippen LogP contribution in [-0.4, -0.2) is 34.9 Å². The van der Waals surface area contributed by atoms with Crippen molar-refractivity contribution in [2.75, 3.05) is 25.4 Å². The molecular formula is C21H31N3O3. The summed E-state index contributed by atoms with van der Waals surface area (Å²) in [5.41, 5.74) is 8.95. The van der Waals surface area contributed by atoms with Crippen molar-refractivity contribution in [3.63, 3.8) is 0 Å². The van der Waals surface area contributed by atoms with E-state index in [1.165, 1.54) is 0 Å². The van der Waals surface area contributed by atoms with Gasteiger partial charge in [-0.3, -0.25) is 0 Å². The molecule has 0 saturated carbocycles. The number of aromatic hydroxyl groups is 1. The third kappa shape index (κ3) is 4.51. The number of pyridine rings is 1. The molecule has 6 nitrogen and oxygen atoms in total. The van der Waals surface area contributed by atoms with Gasteiger partial charge in [-0.1, -0.05) is 20.4 Å². The highest BCUT2D eigenvalue weighted by molar-refractivity contribution is 5.76. The molecule has 1 aliphatic rings. The fourth-order valence-electron chi connectivity index (χ4n) is 3.50. The molecule has 6 heteroatoms. The zero-order valence-electron chi connectivity index (χ0n) is 15.2. The first-order valence-electron chi connectivity index (χ1n) is 9.21. The third-order valence-corrected chi connectivity index (χ3v) is 4.81. The van der Waals surface area contributed by atoms with Crippen LogP contribution in [0.15, 0.2) is 24.3 Å². The minimum Gasteiger partial charge on any atom is -0.507 e. The number of phenolic OH excluding ortho intramolecular Hbond substituents is 1. The van der Waals surface area contributed by atoms with Gasteiger partial charge >= 0.3 is 0 Å². The molecule has 0 amide bonds. The Balaban J connectivity index is 0.00000261. The summed E-state index contributed by atoms with van der Waals surface area (Å²) in [6.07, 6.45) is 2.98. The number of ether oxygens (including phenoxy) is 1. The number of benzene rings is 1. The summed E-state index contributed by atoms with van der Waals surface area (Å²) in [5.74, 6) is 1.26. The minimum atomic E-state index is -0.148. The van der Waals surface area contributed by atoms with Crippen LogP contribution in [0.5, 0.6) is 11.5 Å². The Morgan fingerprint density at radius 2 is 2.19 bits per heavy atom. The number of nitrogens with two attached hydrogens (primary N) is 1. The Labute approximate surface area is 161 Å². The molecule has 1 aliphatic heterocycles. The Hall–Kier alpha value is -2.31. The van der Waals surface area contributed by atoms with Crippen LogP contribution in [-0.2, 0) is 6.61 Å². The molecule has 1 fully saturated rings. The van der Waals surface area contributed by atoms with Crippen molar-refractivity contribution in [2.24, 2.45) is 0 Å². The molecule has 0 spiro atoms. The number of hydrogen-bond acceptors (Lipinski definition) is 6. The Kier molecular flexibility index (Phi) is 7.45. The summed E-state index contributed by atoms with van der Waals surface area (Å²) in [7, 11) is 0. The van der Waals surface area contributed by atoms with E-state index in [4.69, 9.17) is 10.5 Å². The number of aliphatic hydroxyl groups is 1. The number of rotatable bonds is 6. The summed E-state index contributed by atoms with van der Waals surface area (Å²) in [6, 6.07) is 7.13. The first-order valence-corrected chi connectivity index (χ1v) is 9.21. The minimum absolute atomic E-state index is 0. The van der Waals surface area contributed by atoms with E-state index < -0.39 is 0 Å². The molecule has 1 saturated heterocycles. The lowest BCUT2D eigenvalue weighted by Crippen LogP contribution is -2.29. The monoisotopic (exact) mass is 373 g/mol. The van der Waals surface area contributed by atoms with Crippen molar-refractivity contribution in [1.29, 1.82) is 0 Å². The maximum absolute atomic E-state index is 10.4. The van der Waals surface area contributed by atoms with Gasteiger partial charge in [0, 0.05) is 12.1 Å². The predicted octanol–water partition coefficient (Wildman–Crippen LogP) is 3.42. The highest BCUT2D eigenvalue weighted by Gasteiger charge is 2.23. The number of phenols is 1. The van der Waals surface area contributed by atoms with Gasteiger partial charge in [-0.15, -0.1) is 0 Å². The van der Waals surface area contributed by atoms with Gasteiger partial charge in [-0.25, -0.2) is 4.98 Å². The fraction of sp³-hybridized carbons (Fsp3) is 0.476. The average Bonchev–Trinajstić information content (AvgIpc) is 2.66. The number of nitrogens with one attached hydrogen (secondary N) is 1. The Bertz CT molecular complexity index is 759. The summed E-state index contributed by atoms with van der Waals surface area (Å²) in [6.45, 7) is 4.29. The normalized spacial score (nSPS) is 16.6. The first-order chi connectivity index (χ1) is 12.7. The van der Waals surface area contributed by atoms with Crippen LogP contribution in [0.2, 0.25) is 0 Å². The molecular weight excluding hydrogens is 342 g/mol. The maximum atomic E-state index is 10.4. The fourth-order valence-corrected chi connectivity index (χ4v) is 3.50. The van der Waals surface area contributed by atoms with Crippen LogP contribution in [0, 0.1) is 0 Å². The van der Waals surface area contributed by atoms with E-state index in [1.54, 1.807) is 12.1 Å². The smallest absolute Gasteiger partial charge is 0.132 e. The standard InChI is InChI=1S/C20H27N3O3.CH4/c1-2-9-26-18-7-3-6-17(25)19(18)16-10-14(13-5-4-8-22-11-13)15(12-24)20(21)23-16;/h3,6-7,10,13,22,24-25H,2,4-5,8-9,11-12H2,1H3,(H2,21,23);1H4. The molecule has 1 aromatic heterocycles. The number of aromatic nitrogens is 1.